The average molecular weight is 339 g/mol. The smallest absolute Gasteiger partial charge is 0.394 e. The molecule has 0 radical (unpaired) electrons. The summed E-state index contributed by atoms with van der Waals surface area (Å²) in [4.78, 5) is 32.9. The Hall–Kier alpha value is -1.36. The van der Waals surface area contributed by atoms with E-state index in [-0.39, 0.29) is 5.82 Å². The fraction of sp³-hybridized carbons (Fsp3) is 0.600. The van der Waals surface area contributed by atoms with Crippen LogP contribution in [-0.4, -0.2) is 48.9 Å². The molecule has 4 atom stereocenters. The topological polar surface area (TPSA) is 157 Å². The maximum absolute atomic E-state index is 15.0. The van der Waals surface area contributed by atoms with Crippen molar-refractivity contribution in [2.24, 2.45) is 0 Å². The predicted molar refractivity (Wildman–Crippen MR) is 70.3 cm³/mol. The number of phosphoric ester groups is 1. The Labute approximate surface area is 123 Å². The number of nitrogens with two attached hydrogens (primary N) is 1. The van der Waals surface area contributed by atoms with Crippen LogP contribution in [0.4, 0.5) is 10.2 Å². The molecular formula is C10H15FN3O7P. The zero-order valence-electron chi connectivity index (χ0n) is 11.4. The Morgan fingerprint density at radius 3 is 2.77 bits per heavy atom. The molecule has 0 aromatic carbocycles. The van der Waals surface area contributed by atoms with Gasteiger partial charge in [-0.3, -0.25) is 9.09 Å². The lowest BCUT2D eigenvalue weighted by atomic mass is 9.98. The van der Waals surface area contributed by atoms with Crippen LogP contribution in [0.5, 0.6) is 0 Å². The maximum Gasteiger partial charge on any atom is 0.470 e. The van der Waals surface area contributed by atoms with Crippen molar-refractivity contribution in [2.45, 2.75) is 31.0 Å². The van der Waals surface area contributed by atoms with Crippen LogP contribution in [0.3, 0.4) is 0 Å². The Balaban J connectivity index is 2.42. The number of alkyl halides is 1. The van der Waals surface area contributed by atoms with Crippen LogP contribution in [0, 0.1) is 0 Å². The Bertz CT molecular complexity index is 660. The van der Waals surface area contributed by atoms with E-state index in [0.717, 1.165) is 17.7 Å². The Morgan fingerprint density at radius 1 is 1.64 bits per heavy atom. The molecule has 2 heterocycles. The highest BCUT2D eigenvalue weighted by Gasteiger charge is 2.58. The van der Waals surface area contributed by atoms with Crippen molar-refractivity contribution in [3.63, 3.8) is 0 Å². The number of aliphatic hydroxyl groups excluding tert-OH is 1. The van der Waals surface area contributed by atoms with Gasteiger partial charge in [0.05, 0.1) is 6.61 Å². The number of rotatable bonds is 4. The van der Waals surface area contributed by atoms with Crippen molar-refractivity contribution in [3.05, 3.63) is 22.7 Å². The molecule has 22 heavy (non-hydrogen) atoms. The summed E-state index contributed by atoms with van der Waals surface area (Å²) in [7, 11) is -5.04. The van der Waals surface area contributed by atoms with E-state index in [0.29, 0.717) is 0 Å². The van der Waals surface area contributed by atoms with Crippen LogP contribution in [0.15, 0.2) is 17.1 Å². The maximum atomic E-state index is 15.0. The summed E-state index contributed by atoms with van der Waals surface area (Å²) in [5.41, 5.74) is 1.90. The van der Waals surface area contributed by atoms with Gasteiger partial charge in [-0.05, 0) is 13.0 Å². The third kappa shape index (κ3) is 3.19. The first kappa shape index (κ1) is 17.0. The molecule has 124 valence electrons. The number of ether oxygens (including phenoxy) is 1. The lowest BCUT2D eigenvalue weighted by Crippen LogP contribution is -2.44. The standard InChI is InChI=1S/C10H15FN3O7P/c1-10(11)7(21-22(17,18)19)5(4-15)20-8(10)14-3-2-6(12)13-9(14)16/h2-3,5,7-8,15H,4H2,1H3,(H2,12,13,16)(H2,17,18,19)/t5-,7-,8-,10-/m1/s1. The van der Waals surface area contributed by atoms with Crippen molar-refractivity contribution < 1.29 is 33.1 Å². The third-order valence-corrected chi connectivity index (χ3v) is 3.72. The van der Waals surface area contributed by atoms with Gasteiger partial charge in [0.2, 0.25) is 0 Å². The number of hydrogen-bond donors (Lipinski definition) is 4. The number of halogens is 1. The van der Waals surface area contributed by atoms with Gasteiger partial charge in [-0.25, -0.2) is 13.8 Å². The summed E-state index contributed by atoms with van der Waals surface area (Å²) >= 11 is 0. The number of phosphoric acid groups is 1. The summed E-state index contributed by atoms with van der Waals surface area (Å²) in [5, 5.41) is 9.20. The normalized spacial score (nSPS) is 32.3. The molecule has 12 heteroatoms. The van der Waals surface area contributed by atoms with Gasteiger partial charge >= 0.3 is 13.5 Å². The zero-order valence-corrected chi connectivity index (χ0v) is 12.3. The molecule has 1 aromatic heterocycles. The van der Waals surface area contributed by atoms with Gasteiger partial charge in [0.25, 0.3) is 0 Å². The summed E-state index contributed by atoms with van der Waals surface area (Å²) in [6, 6.07) is 1.23. The average Bonchev–Trinajstić information content (AvgIpc) is 2.60. The molecule has 0 amide bonds. The summed E-state index contributed by atoms with van der Waals surface area (Å²) in [6.07, 6.45) is -3.63. The predicted octanol–water partition coefficient (Wildman–Crippen LogP) is -1.08. The molecular weight excluding hydrogens is 324 g/mol. The fourth-order valence-electron chi connectivity index (χ4n) is 2.27. The molecule has 2 rings (SSSR count). The van der Waals surface area contributed by atoms with Crippen LogP contribution in [0.2, 0.25) is 0 Å². The van der Waals surface area contributed by atoms with E-state index in [2.05, 4.69) is 9.51 Å². The molecule has 1 fully saturated rings. The third-order valence-electron chi connectivity index (χ3n) is 3.22. The van der Waals surface area contributed by atoms with Crippen LogP contribution < -0.4 is 11.4 Å². The van der Waals surface area contributed by atoms with E-state index in [4.69, 9.17) is 20.3 Å². The minimum atomic E-state index is -5.04. The van der Waals surface area contributed by atoms with E-state index < -0.39 is 44.2 Å². The minimum Gasteiger partial charge on any atom is -0.394 e. The fourth-order valence-corrected chi connectivity index (χ4v) is 2.91. The van der Waals surface area contributed by atoms with Crippen molar-refractivity contribution in [1.29, 1.82) is 0 Å². The summed E-state index contributed by atoms with van der Waals surface area (Å²) < 4.78 is 36.2. The van der Waals surface area contributed by atoms with Gasteiger partial charge in [-0.2, -0.15) is 4.98 Å². The highest BCUT2D eigenvalue weighted by atomic mass is 31.2. The molecule has 1 aromatic rings. The van der Waals surface area contributed by atoms with Crippen LogP contribution in [0.1, 0.15) is 13.2 Å². The summed E-state index contributed by atoms with van der Waals surface area (Å²) in [5.74, 6) is -0.0819. The number of hydrogen-bond acceptors (Lipinski definition) is 7. The first-order valence-corrected chi connectivity index (χ1v) is 7.63. The van der Waals surface area contributed by atoms with Crippen LogP contribution >= 0.6 is 7.82 Å². The Morgan fingerprint density at radius 2 is 2.27 bits per heavy atom. The molecule has 0 unspecified atom stereocenters. The second kappa shape index (κ2) is 5.69. The van der Waals surface area contributed by atoms with Crippen molar-refractivity contribution >= 4 is 13.6 Å². The Kier molecular flexibility index (Phi) is 4.39. The van der Waals surface area contributed by atoms with Crippen molar-refractivity contribution in [2.75, 3.05) is 12.3 Å². The van der Waals surface area contributed by atoms with E-state index in [9.17, 15) is 18.9 Å². The minimum absolute atomic E-state index is 0.0819. The highest BCUT2D eigenvalue weighted by Crippen LogP contribution is 2.49. The molecule has 10 nitrogen and oxygen atoms in total. The van der Waals surface area contributed by atoms with Gasteiger partial charge in [0, 0.05) is 6.20 Å². The number of nitrogens with zero attached hydrogens (tertiary/aromatic N) is 2. The molecule has 0 aliphatic carbocycles. The molecule has 1 aliphatic heterocycles. The number of aliphatic hydroxyl groups is 1. The second-order valence-electron chi connectivity index (χ2n) is 4.92. The van der Waals surface area contributed by atoms with Crippen LogP contribution in [0.25, 0.3) is 0 Å². The van der Waals surface area contributed by atoms with Gasteiger partial charge in [-0.15, -0.1) is 0 Å². The van der Waals surface area contributed by atoms with E-state index in [1.165, 1.54) is 6.07 Å². The molecule has 5 N–H and O–H groups in total. The number of nitrogen functional groups attached to an aromatic ring is 1. The lowest BCUT2D eigenvalue weighted by molar-refractivity contribution is -0.0610. The largest absolute Gasteiger partial charge is 0.470 e. The molecule has 1 aliphatic rings. The van der Waals surface area contributed by atoms with Crippen molar-refractivity contribution in [3.8, 4) is 0 Å². The molecule has 1 saturated heterocycles. The summed E-state index contributed by atoms with van der Waals surface area (Å²) in [6.45, 7) is 0.175. The zero-order chi connectivity index (χ0) is 16.7. The second-order valence-corrected chi connectivity index (χ2v) is 6.11. The van der Waals surface area contributed by atoms with Gasteiger partial charge in [0.1, 0.15) is 18.0 Å². The monoisotopic (exact) mass is 339 g/mol. The molecule has 0 bridgehead atoms. The SMILES string of the molecule is C[C@@]1(F)[C@H](OP(=O)(O)O)[C@@H](CO)O[C@H]1n1ccc(N)nc1=O. The number of aromatic nitrogens is 2. The lowest BCUT2D eigenvalue weighted by Gasteiger charge is -2.27. The van der Waals surface area contributed by atoms with Gasteiger partial charge < -0.3 is 25.4 Å². The number of anilines is 1. The quantitative estimate of drug-likeness (QED) is 0.501. The molecule has 0 spiro atoms. The van der Waals surface area contributed by atoms with Gasteiger partial charge in [-0.1, -0.05) is 0 Å². The van der Waals surface area contributed by atoms with E-state index >= 15 is 0 Å². The van der Waals surface area contributed by atoms with E-state index in [1.54, 1.807) is 0 Å². The van der Waals surface area contributed by atoms with Gasteiger partial charge in [0.15, 0.2) is 11.9 Å². The van der Waals surface area contributed by atoms with Crippen LogP contribution in [-0.2, 0) is 13.8 Å². The van der Waals surface area contributed by atoms with Crippen molar-refractivity contribution in [1.82, 2.24) is 9.55 Å². The van der Waals surface area contributed by atoms with E-state index in [1.807, 2.05) is 0 Å². The highest BCUT2D eigenvalue weighted by molar-refractivity contribution is 7.46. The first-order chi connectivity index (χ1) is 10.1. The molecule has 0 saturated carbocycles. The first-order valence-electron chi connectivity index (χ1n) is 6.10.